The summed E-state index contributed by atoms with van der Waals surface area (Å²) in [7, 11) is 0. The van der Waals surface area contributed by atoms with Gasteiger partial charge < -0.3 is 10.8 Å². The first-order chi connectivity index (χ1) is 6.90. The van der Waals surface area contributed by atoms with E-state index in [2.05, 4.69) is 4.99 Å². The molecule has 15 heavy (non-hydrogen) atoms. The molecule has 1 atom stereocenters. The zero-order chi connectivity index (χ0) is 11.9. The van der Waals surface area contributed by atoms with Gasteiger partial charge in [-0.1, -0.05) is 12.2 Å². The Balaban J connectivity index is 3.96. The van der Waals surface area contributed by atoms with E-state index in [4.69, 9.17) is 16.0 Å². The number of hydroxylamine groups is 1. The van der Waals surface area contributed by atoms with Crippen LogP contribution in [0.25, 0.3) is 0 Å². The summed E-state index contributed by atoms with van der Waals surface area (Å²) in [4.78, 5) is 14.5. The molecule has 0 unspecified atom stereocenters. The van der Waals surface area contributed by atoms with Gasteiger partial charge in [0.1, 0.15) is 11.4 Å². The summed E-state index contributed by atoms with van der Waals surface area (Å²) in [6, 6.07) is 0. The molecule has 5 N–H and O–H groups in total. The third kappa shape index (κ3) is 5.82. The van der Waals surface area contributed by atoms with Crippen molar-refractivity contribution in [2.45, 2.75) is 25.8 Å². The Kier molecular flexibility index (Phi) is 5.58. The van der Waals surface area contributed by atoms with Gasteiger partial charge in [0.25, 0.3) is 0 Å². The van der Waals surface area contributed by atoms with Crippen LogP contribution >= 0.6 is 0 Å². The molecule has 0 aromatic heterocycles. The SMILES string of the molecule is CC(=NCC=CC[C@](C)(N)C(=O)O)NO. The van der Waals surface area contributed by atoms with E-state index in [1.807, 2.05) is 5.48 Å². The molecule has 0 aromatic rings. The van der Waals surface area contributed by atoms with Crippen molar-refractivity contribution in [3.63, 3.8) is 0 Å². The highest BCUT2D eigenvalue weighted by molar-refractivity contribution is 5.78. The number of rotatable bonds is 5. The van der Waals surface area contributed by atoms with Gasteiger partial charge in [0.15, 0.2) is 0 Å². The molecule has 0 aliphatic rings. The number of nitrogens with one attached hydrogen (secondary N) is 1. The fraction of sp³-hybridized carbons (Fsp3) is 0.556. The Morgan fingerprint density at radius 1 is 1.60 bits per heavy atom. The average Bonchev–Trinajstić information content (AvgIpc) is 2.16. The zero-order valence-corrected chi connectivity index (χ0v) is 8.90. The van der Waals surface area contributed by atoms with Crippen LogP contribution in [-0.4, -0.2) is 34.2 Å². The molecule has 0 bridgehead atoms. The van der Waals surface area contributed by atoms with Crippen LogP contribution in [0.3, 0.4) is 0 Å². The topological polar surface area (TPSA) is 108 Å². The minimum atomic E-state index is -1.25. The normalized spacial score (nSPS) is 16.4. The van der Waals surface area contributed by atoms with Gasteiger partial charge in [0.05, 0.1) is 6.54 Å². The maximum Gasteiger partial charge on any atom is 0.323 e. The van der Waals surface area contributed by atoms with Crippen molar-refractivity contribution in [3.8, 4) is 0 Å². The maximum absolute atomic E-state index is 10.6. The van der Waals surface area contributed by atoms with E-state index in [-0.39, 0.29) is 6.42 Å². The summed E-state index contributed by atoms with van der Waals surface area (Å²) in [5, 5.41) is 17.1. The predicted octanol–water partition coefficient (Wildman–Crippen LogP) is 0.132. The van der Waals surface area contributed by atoms with Gasteiger partial charge >= 0.3 is 5.97 Å². The highest BCUT2D eigenvalue weighted by atomic mass is 16.5. The molecule has 0 heterocycles. The van der Waals surface area contributed by atoms with Gasteiger partial charge in [-0.15, -0.1) is 0 Å². The van der Waals surface area contributed by atoms with Crippen LogP contribution in [0, 0.1) is 0 Å². The molecule has 0 rings (SSSR count). The van der Waals surface area contributed by atoms with Crippen molar-refractivity contribution in [2.75, 3.05) is 6.54 Å². The zero-order valence-electron chi connectivity index (χ0n) is 8.90. The molecular formula is C9H17N3O3. The Labute approximate surface area is 88.5 Å². The smallest absolute Gasteiger partial charge is 0.323 e. The average molecular weight is 215 g/mol. The molecule has 0 amide bonds. The summed E-state index contributed by atoms with van der Waals surface area (Å²) >= 11 is 0. The number of nitrogens with two attached hydrogens (primary N) is 1. The lowest BCUT2D eigenvalue weighted by Crippen LogP contribution is -2.44. The van der Waals surface area contributed by atoms with Crippen molar-refractivity contribution >= 4 is 11.8 Å². The summed E-state index contributed by atoms with van der Waals surface area (Å²) in [6.45, 7) is 3.43. The van der Waals surface area contributed by atoms with Crippen LogP contribution in [0.2, 0.25) is 0 Å². The summed E-state index contributed by atoms with van der Waals surface area (Å²) < 4.78 is 0. The number of hydrogen-bond acceptors (Lipinski definition) is 4. The molecule has 6 heteroatoms. The Bertz CT molecular complexity index is 272. The molecule has 0 saturated heterocycles. The number of carboxylic acid groups (broad SMARTS) is 1. The number of aliphatic carboxylic acids is 1. The van der Waals surface area contributed by atoms with Gasteiger partial charge in [0.2, 0.25) is 0 Å². The predicted molar refractivity (Wildman–Crippen MR) is 56.9 cm³/mol. The van der Waals surface area contributed by atoms with E-state index in [9.17, 15) is 4.79 Å². The van der Waals surface area contributed by atoms with E-state index in [0.29, 0.717) is 12.4 Å². The van der Waals surface area contributed by atoms with E-state index in [0.717, 1.165) is 0 Å². The largest absolute Gasteiger partial charge is 0.480 e. The van der Waals surface area contributed by atoms with Crippen LogP contribution in [0.15, 0.2) is 17.1 Å². The Hall–Kier alpha value is -1.40. The second-order valence-electron chi connectivity index (χ2n) is 3.44. The third-order valence-corrected chi connectivity index (χ3v) is 1.79. The first-order valence-corrected chi connectivity index (χ1v) is 4.48. The van der Waals surface area contributed by atoms with E-state index < -0.39 is 11.5 Å². The molecule has 0 aliphatic carbocycles. The molecular weight excluding hydrogens is 198 g/mol. The summed E-state index contributed by atoms with van der Waals surface area (Å²) in [6.07, 6.45) is 3.58. The molecule has 0 radical (unpaired) electrons. The molecule has 0 saturated carbocycles. The number of carbonyl (C=O) groups is 1. The van der Waals surface area contributed by atoms with E-state index >= 15 is 0 Å². The first-order valence-electron chi connectivity index (χ1n) is 4.48. The van der Waals surface area contributed by atoms with Crippen LogP contribution in [-0.2, 0) is 4.79 Å². The second-order valence-corrected chi connectivity index (χ2v) is 3.44. The van der Waals surface area contributed by atoms with Gasteiger partial charge in [-0.3, -0.25) is 20.5 Å². The number of nitrogens with zero attached hydrogens (tertiary/aromatic N) is 1. The number of amidine groups is 1. The van der Waals surface area contributed by atoms with Crippen molar-refractivity contribution in [2.24, 2.45) is 10.7 Å². The fourth-order valence-corrected chi connectivity index (χ4v) is 0.715. The van der Waals surface area contributed by atoms with Gasteiger partial charge in [-0.2, -0.15) is 0 Å². The van der Waals surface area contributed by atoms with Crippen LogP contribution in [0.1, 0.15) is 20.3 Å². The number of hydrogen-bond donors (Lipinski definition) is 4. The number of aliphatic imine (C=N–C) groups is 1. The lowest BCUT2D eigenvalue weighted by atomic mass is 10.00. The van der Waals surface area contributed by atoms with Crippen molar-refractivity contribution < 1.29 is 15.1 Å². The van der Waals surface area contributed by atoms with Gasteiger partial charge in [0, 0.05) is 0 Å². The molecule has 6 nitrogen and oxygen atoms in total. The highest BCUT2D eigenvalue weighted by Gasteiger charge is 2.25. The molecule has 86 valence electrons. The summed E-state index contributed by atoms with van der Waals surface area (Å²) in [5.41, 5.74) is 6.13. The lowest BCUT2D eigenvalue weighted by Gasteiger charge is -2.15. The number of carboxylic acids is 1. The standard InChI is InChI=1S/C9H17N3O3/c1-7(12-15)11-6-4-3-5-9(2,10)8(13)14/h3-4,15H,5-6,10H2,1-2H3,(H,11,12)(H,13,14)/t9-/m0/s1. The Morgan fingerprint density at radius 3 is 2.67 bits per heavy atom. The van der Waals surface area contributed by atoms with Crippen molar-refractivity contribution in [1.82, 2.24) is 5.48 Å². The maximum atomic E-state index is 10.6. The minimum absolute atomic E-state index is 0.240. The van der Waals surface area contributed by atoms with Crippen molar-refractivity contribution in [3.05, 3.63) is 12.2 Å². The first kappa shape index (κ1) is 13.6. The van der Waals surface area contributed by atoms with Gasteiger partial charge in [-0.05, 0) is 20.3 Å². The van der Waals surface area contributed by atoms with Crippen LogP contribution < -0.4 is 11.2 Å². The second kappa shape index (κ2) is 6.15. The fourth-order valence-electron chi connectivity index (χ4n) is 0.715. The van der Waals surface area contributed by atoms with Gasteiger partial charge in [-0.25, -0.2) is 0 Å². The van der Waals surface area contributed by atoms with Crippen LogP contribution in [0.4, 0.5) is 0 Å². The quantitative estimate of drug-likeness (QED) is 0.226. The monoisotopic (exact) mass is 215 g/mol. The molecule has 0 spiro atoms. The highest BCUT2D eigenvalue weighted by Crippen LogP contribution is 2.06. The molecule has 0 aliphatic heterocycles. The van der Waals surface area contributed by atoms with E-state index in [1.54, 1.807) is 19.1 Å². The van der Waals surface area contributed by atoms with Crippen LogP contribution in [0.5, 0.6) is 0 Å². The van der Waals surface area contributed by atoms with E-state index in [1.165, 1.54) is 6.92 Å². The molecule has 0 fully saturated rings. The minimum Gasteiger partial charge on any atom is -0.480 e. The third-order valence-electron chi connectivity index (χ3n) is 1.79. The Morgan fingerprint density at radius 2 is 2.20 bits per heavy atom. The molecule has 0 aromatic carbocycles. The summed E-state index contributed by atoms with van der Waals surface area (Å²) in [5.74, 6) is -0.641. The lowest BCUT2D eigenvalue weighted by molar-refractivity contribution is -0.142. The van der Waals surface area contributed by atoms with Crippen molar-refractivity contribution in [1.29, 1.82) is 0 Å².